The third-order valence-electron chi connectivity index (χ3n) is 2.44. The Morgan fingerprint density at radius 1 is 1.37 bits per heavy atom. The normalized spacial score (nSPS) is 10.3. The highest BCUT2D eigenvalue weighted by atomic mass is 127. The van der Waals surface area contributed by atoms with Gasteiger partial charge in [-0.1, -0.05) is 11.6 Å². The van der Waals surface area contributed by atoms with Crippen molar-refractivity contribution in [2.45, 2.75) is 13.5 Å². The summed E-state index contributed by atoms with van der Waals surface area (Å²) in [7, 11) is 0. The van der Waals surface area contributed by atoms with Crippen LogP contribution in [-0.4, -0.2) is 15.9 Å². The van der Waals surface area contributed by atoms with Gasteiger partial charge in [0.2, 0.25) is 0 Å². The molecule has 2 aromatic rings. The molecule has 0 bridgehead atoms. The summed E-state index contributed by atoms with van der Waals surface area (Å²) in [6, 6.07) is 5.22. The summed E-state index contributed by atoms with van der Waals surface area (Å²) in [6.07, 6.45) is 3.32. The number of rotatable bonds is 3. The van der Waals surface area contributed by atoms with Crippen molar-refractivity contribution in [1.82, 2.24) is 15.3 Å². The summed E-state index contributed by atoms with van der Waals surface area (Å²) < 4.78 is 0.856. The van der Waals surface area contributed by atoms with Gasteiger partial charge < -0.3 is 5.32 Å². The fourth-order valence-corrected chi connectivity index (χ4v) is 2.20. The number of aromatic nitrogens is 2. The highest BCUT2D eigenvalue weighted by Crippen LogP contribution is 2.17. The molecule has 0 radical (unpaired) electrons. The smallest absolute Gasteiger partial charge is 0.252 e. The number of carbonyl (C=O) groups is 1. The maximum absolute atomic E-state index is 12.0. The van der Waals surface area contributed by atoms with Gasteiger partial charge in [0.1, 0.15) is 0 Å². The largest absolute Gasteiger partial charge is 0.346 e. The number of halogens is 2. The number of benzene rings is 1. The molecule has 0 spiro atoms. The van der Waals surface area contributed by atoms with Gasteiger partial charge in [0.05, 0.1) is 29.7 Å². The molecule has 4 nitrogen and oxygen atoms in total. The van der Waals surface area contributed by atoms with Crippen LogP contribution < -0.4 is 5.32 Å². The predicted octanol–water partition coefficient (Wildman–Crippen LogP) is 2.97. The van der Waals surface area contributed by atoms with Crippen molar-refractivity contribution in [3.8, 4) is 0 Å². The van der Waals surface area contributed by atoms with Crippen LogP contribution in [0.25, 0.3) is 0 Å². The number of aryl methyl sites for hydroxylation is 1. The molecule has 0 aliphatic rings. The molecule has 0 atom stereocenters. The summed E-state index contributed by atoms with van der Waals surface area (Å²) in [5, 5.41) is 3.34. The van der Waals surface area contributed by atoms with Gasteiger partial charge in [-0.2, -0.15) is 0 Å². The molecule has 1 heterocycles. The van der Waals surface area contributed by atoms with E-state index in [1.54, 1.807) is 24.5 Å². The fourth-order valence-electron chi connectivity index (χ4n) is 1.45. The zero-order chi connectivity index (χ0) is 13.8. The summed E-state index contributed by atoms with van der Waals surface area (Å²) in [5.74, 6) is -0.172. The van der Waals surface area contributed by atoms with E-state index in [4.69, 9.17) is 11.6 Å². The number of hydrogen-bond acceptors (Lipinski definition) is 3. The molecule has 0 saturated heterocycles. The first kappa shape index (κ1) is 14.2. The van der Waals surface area contributed by atoms with Crippen LogP contribution in [0.5, 0.6) is 0 Å². The number of hydrogen-bond donors (Lipinski definition) is 1. The van der Waals surface area contributed by atoms with Crippen molar-refractivity contribution >= 4 is 40.1 Å². The number of nitrogens with zero attached hydrogens (tertiary/aromatic N) is 2. The summed E-state index contributed by atoms with van der Waals surface area (Å²) in [4.78, 5) is 20.3. The van der Waals surface area contributed by atoms with E-state index in [0.29, 0.717) is 17.1 Å². The Balaban J connectivity index is 2.05. The standard InChI is InChI=1S/C13H11ClIN3O/c1-8-5-17-10(6-16-8)7-18-13(19)11-4-9(14)2-3-12(11)15/h2-6H,7H2,1H3,(H,18,19). The molecule has 0 aliphatic carbocycles. The van der Waals surface area contributed by atoms with E-state index < -0.39 is 0 Å². The lowest BCUT2D eigenvalue weighted by Crippen LogP contribution is -2.24. The minimum Gasteiger partial charge on any atom is -0.346 e. The first-order valence-corrected chi connectivity index (χ1v) is 7.02. The molecule has 1 N–H and O–H groups in total. The van der Waals surface area contributed by atoms with Gasteiger partial charge in [-0.3, -0.25) is 14.8 Å². The van der Waals surface area contributed by atoms with Crippen LogP contribution >= 0.6 is 34.2 Å². The average Bonchev–Trinajstić information content (AvgIpc) is 2.40. The Kier molecular flexibility index (Phi) is 4.71. The quantitative estimate of drug-likeness (QED) is 0.824. The second kappa shape index (κ2) is 6.29. The third-order valence-corrected chi connectivity index (χ3v) is 3.61. The molecule has 0 unspecified atom stereocenters. The molecule has 19 heavy (non-hydrogen) atoms. The highest BCUT2D eigenvalue weighted by Gasteiger charge is 2.10. The highest BCUT2D eigenvalue weighted by molar-refractivity contribution is 14.1. The Morgan fingerprint density at radius 3 is 2.84 bits per heavy atom. The van der Waals surface area contributed by atoms with Crippen LogP contribution in [-0.2, 0) is 6.54 Å². The lowest BCUT2D eigenvalue weighted by molar-refractivity contribution is 0.0949. The molecular weight excluding hydrogens is 377 g/mol. The summed E-state index contributed by atoms with van der Waals surface area (Å²) >= 11 is 7.99. The minimum atomic E-state index is -0.172. The van der Waals surface area contributed by atoms with Crippen LogP contribution in [0.1, 0.15) is 21.7 Å². The second-order valence-corrected chi connectivity index (χ2v) is 5.55. The van der Waals surface area contributed by atoms with Gasteiger partial charge in [-0.15, -0.1) is 0 Å². The molecular formula is C13H11ClIN3O. The van der Waals surface area contributed by atoms with Gasteiger partial charge in [-0.25, -0.2) is 0 Å². The van der Waals surface area contributed by atoms with Gasteiger partial charge in [-0.05, 0) is 47.7 Å². The maximum Gasteiger partial charge on any atom is 0.252 e. The zero-order valence-corrected chi connectivity index (χ0v) is 13.1. The van der Waals surface area contributed by atoms with E-state index in [1.165, 1.54) is 0 Å². The van der Waals surface area contributed by atoms with Gasteiger partial charge >= 0.3 is 0 Å². The lowest BCUT2D eigenvalue weighted by atomic mass is 10.2. The van der Waals surface area contributed by atoms with E-state index in [9.17, 15) is 4.79 Å². The second-order valence-electron chi connectivity index (χ2n) is 3.96. The minimum absolute atomic E-state index is 0.172. The molecule has 6 heteroatoms. The third kappa shape index (κ3) is 3.87. The Bertz CT molecular complexity index is 601. The average molecular weight is 388 g/mol. The van der Waals surface area contributed by atoms with Gasteiger partial charge in [0.25, 0.3) is 5.91 Å². The Morgan fingerprint density at radius 2 is 2.16 bits per heavy atom. The topological polar surface area (TPSA) is 54.9 Å². The molecule has 0 aliphatic heterocycles. The van der Waals surface area contributed by atoms with Crippen molar-refractivity contribution in [3.63, 3.8) is 0 Å². The number of carbonyl (C=O) groups excluding carboxylic acids is 1. The van der Waals surface area contributed by atoms with Gasteiger partial charge in [0.15, 0.2) is 0 Å². The van der Waals surface area contributed by atoms with Crippen molar-refractivity contribution < 1.29 is 4.79 Å². The Labute approximate surface area is 129 Å². The number of amides is 1. The molecule has 1 aromatic heterocycles. The first-order valence-electron chi connectivity index (χ1n) is 5.57. The van der Waals surface area contributed by atoms with Crippen LogP contribution in [0.3, 0.4) is 0 Å². The molecule has 0 saturated carbocycles. The molecule has 2 rings (SSSR count). The molecule has 98 valence electrons. The van der Waals surface area contributed by atoms with E-state index in [0.717, 1.165) is 15.0 Å². The van der Waals surface area contributed by atoms with Crippen LogP contribution in [0, 0.1) is 10.5 Å². The van der Waals surface area contributed by atoms with Crippen molar-refractivity contribution in [2.24, 2.45) is 0 Å². The van der Waals surface area contributed by atoms with Crippen LogP contribution in [0.15, 0.2) is 30.6 Å². The van der Waals surface area contributed by atoms with E-state index >= 15 is 0 Å². The maximum atomic E-state index is 12.0. The van der Waals surface area contributed by atoms with Crippen LogP contribution in [0.4, 0.5) is 0 Å². The molecule has 1 aromatic carbocycles. The zero-order valence-electron chi connectivity index (χ0n) is 10.2. The molecule has 0 fully saturated rings. The predicted molar refractivity (Wildman–Crippen MR) is 82.1 cm³/mol. The monoisotopic (exact) mass is 387 g/mol. The van der Waals surface area contributed by atoms with Crippen LogP contribution in [0.2, 0.25) is 5.02 Å². The Hall–Kier alpha value is -1.21. The first-order chi connectivity index (χ1) is 9.06. The van der Waals surface area contributed by atoms with E-state index in [2.05, 4.69) is 37.9 Å². The molecule has 1 amide bonds. The summed E-state index contributed by atoms with van der Waals surface area (Å²) in [5.41, 5.74) is 2.13. The van der Waals surface area contributed by atoms with Crippen molar-refractivity contribution in [2.75, 3.05) is 0 Å². The lowest BCUT2D eigenvalue weighted by Gasteiger charge is -2.07. The fraction of sp³-hybridized carbons (Fsp3) is 0.154. The summed E-state index contributed by atoms with van der Waals surface area (Å²) in [6.45, 7) is 2.21. The van der Waals surface area contributed by atoms with Gasteiger partial charge in [0, 0.05) is 14.8 Å². The SMILES string of the molecule is Cc1cnc(CNC(=O)c2cc(Cl)ccc2I)cn1. The van der Waals surface area contributed by atoms with E-state index in [-0.39, 0.29) is 5.91 Å². The van der Waals surface area contributed by atoms with E-state index in [1.807, 2.05) is 13.0 Å². The number of nitrogens with one attached hydrogen (secondary N) is 1. The van der Waals surface area contributed by atoms with Crippen molar-refractivity contribution in [3.05, 3.63) is 56.1 Å². The van der Waals surface area contributed by atoms with Crippen molar-refractivity contribution in [1.29, 1.82) is 0 Å².